The number of anilines is 1. The third-order valence-corrected chi connectivity index (χ3v) is 9.69. The van der Waals surface area contributed by atoms with Gasteiger partial charge in [0.2, 0.25) is 0 Å². The number of hydrogen-bond donors (Lipinski definition) is 3. The molecule has 5 atom stereocenters. The fraction of sp³-hybridized carbons (Fsp3) is 0.567. The average Bonchev–Trinajstić information content (AvgIpc) is 3.47. The number of hydrogen-bond acceptors (Lipinski definition) is 5. The van der Waals surface area contributed by atoms with Crippen LogP contribution >= 0.6 is 0 Å². The Morgan fingerprint density at radius 2 is 1.84 bits per heavy atom. The SMILES string of the molecule is C[C@@H]1[C@@](O)(c2ccc(NC(=O)c3nc(C#N)c[nH]3)c(C3=CCC(C)(C)CC3)c2)[C@H](C)[C@]2(C)CC[C@@]1(C)O2. The predicted molar refractivity (Wildman–Crippen MR) is 143 cm³/mol. The van der Waals surface area contributed by atoms with E-state index in [1.807, 2.05) is 18.2 Å². The Morgan fingerprint density at radius 1 is 1.16 bits per heavy atom. The van der Waals surface area contributed by atoms with Crippen LogP contribution in [0.1, 0.15) is 101 Å². The number of aromatic nitrogens is 2. The van der Waals surface area contributed by atoms with Gasteiger partial charge in [-0.2, -0.15) is 5.26 Å². The highest BCUT2D eigenvalue weighted by atomic mass is 16.5. The van der Waals surface area contributed by atoms with E-state index in [2.05, 4.69) is 69.0 Å². The molecule has 2 bridgehead atoms. The minimum Gasteiger partial charge on any atom is -0.384 e. The van der Waals surface area contributed by atoms with Gasteiger partial charge in [-0.3, -0.25) is 4.79 Å². The van der Waals surface area contributed by atoms with E-state index < -0.39 is 22.7 Å². The van der Waals surface area contributed by atoms with Crippen molar-refractivity contribution in [3.05, 3.63) is 53.1 Å². The highest BCUT2D eigenvalue weighted by Gasteiger charge is 2.65. The summed E-state index contributed by atoms with van der Waals surface area (Å²) in [4.78, 5) is 19.8. The zero-order valence-electron chi connectivity index (χ0n) is 22.7. The van der Waals surface area contributed by atoms with E-state index in [0.717, 1.165) is 43.2 Å². The van der Waals surface area contributed by atoms with Crippen molar-refractivity contribution in [2.24, 2.45) is 17.3 Å². The molecule has 7 nitrogen and oxygen atoms in total. The number of H-pyrrole nitrogens is 1. The normalized spacial score (nSPS) is 34.5. The monoisotopic (exact) mass is 502 g/mol. The summed E-state index contributed by atoms with van der Waals surface area (Å²) >= 11 is 0. The van der Waals surface area contributed by atoms with E-state index in [9.17, 15) is 9.90 Å². The molecule has 2 saturated heterocycles. The summed E-state index contributed by atoms with van der Waals surface area (Å²) in [6.07, 6.45) is 8.42. The summed E-state index contributed by atoms with van der Waals surface area (Å²) in [5.74, 6) is -0.527. The first-order valence-corrected chi connectivity index (χ1v) is 13.3. The molecule has 3 heterocycles. The van der Waals surface area contributed by atoms with Crippen LogP contribution in [0.15, 0.2) is 30.5 Å². The van der Waals surface area contributed by atoms with Crippen molar-refractivity contribution in [1.82, 2.24) is 9.97 Å². The molecule has 0 radical (unpaired) electrons. The van der Waals surface area contributed by atoms with Crippen LogP contribution < -0.4 is 5.32 Å². The molecule has 0 spiro atoms. The van der Waals surface area contributed by atoms with Crippen LogP contribution in [0.5, 0.6) is 0 Å². The zero-order valence-corrected chi connectivity index (χ0v) is 22.7. The number of amides is 1. The molecule has 2 aromatic rings. The number of aromatic amines is 1. The van der Waals surface area contributed by atoms with Crippen molar-refractivity contribution in [2.45, 2.75) is 90.4 Å². The Labute approximate surface area is 219 Å². The lowest BCUT2D eigenvalue weighted by Crippen LogP contribution is -2.61. The smallest absolute Gasteiger partial charge is 0.291 e. The second-order valence-electron chi connectivity index (χ2n) is 12.6. The number of nitriles is 1. The van der Waals surface area contributed by atoms with Gasteiger partial charge in [-0.05, 0) is 74.6 Å². The molecule has 1 aromatic carbocycles. The molecule has 3 aliphatic rings. The second-order valence-corrected chi connectivity index (χ2v) is 12.6. The number of rotatable bonds is 4. The van der Waals surface area contributed by atoms with Gasteiger partial charge < -0.3 is 20.1 Å². The van der Waals surface area contributed by atoms with E-state index >= 15 is 0 Å². The maximum Gasteiger partial charge on any atom is 0.291 e. The van der Waals surface area contributed by atoms with Crippen molar-refractivity contribution in [3.8, 4) is 6.07 Å². The zero-order chi connectivity index (χ0) is 26.8. The van der Waals surface area contributed by atoms with Crippen LogP contribution in [-0.2, 0) is 10.3 Å². The van der Waals surface area contributed by atoms with Gasteiger partial charge in [0, 0.05) is 29.3 Å². The number of nitrogens with zero attached hydrogens (tertiary/aromatic N) is 2. The minimum absolute atomic E-state index is 0.0908. The van der Waals surface area contributed by atoms with E-state index in [1.165, 1.54) is 11.8 Å². The summed E-state index contributed by atoms with van der Waals surface area (Å²) in [6.45, 7) is 13.0. The first kappa shape index (κ1) is 25.7. The maximum absolute atomic E-state index is 13.0. The molecule has 2 fully saturated rings. The molecule has 7 heteroatoms. The quantitative estimate of drug-likeness (QED) is 0.480. The molecule has 3 N–H and O–H groups in total. The van der Waals surface area contributed by atoms with Crippen molar-refractivity contribution in [1.29, 1.82) is 5.26 Å². The van der Waals surface area contributed by atoms with Crippen molar-refractivity contribution >= 4 is 17.2 Å². The molecule has 0 unspecified atom stereocenters. The third-order valence-electron chi connectivity index (χ3n) is 9.69. The van der Waals surface area contributed by atoms with Gasteiger partial charge in [-0.1, -0.05) is 39.8 Å². The first-order chi connectivity index (χ1) is 17.3. The summed E-state index contributed by atoms with van der Waals surface area (Å²) in [5.41, 5.74) is 2.16. The number of aliphatic hydroxyl groups is 1. The Hall–Kier alpha value is -2.95. The second kappa shape index (κ2) is 8.54. The number of carbonyl (C=O) groups excluding carboxylic acids is 1. The molecule has 196 valence electrons. The maximum atomic E-state index is 13.0. The lowest BCUT2D eigenvalue weighted by atomic mass is 9.63. The number of nitrogens with one attached hydrogen (secondary N) is 2. The van der Waals surface area contributed by atoms with E-state index in [1.54, 1.807) is 0 Å². The van der Waals surface area contributed by atoms with Gasteiger partial charge in [0.25, 0.3) is 5.91 Å². The van der Waals surface area contributed by atoms with Crippen LogP contribution in [-0.4, -0.2) is 32.2 Å². The van der Waals surface area contributed by atoms with Crippen molar-refractivity contribution in [3.63, 3.8) is 0 Å². The van der Waals surface area contributed by atoms with Gasteiger partial charge in [-0.15, -0.1) is 0 Å². The van der Waals surface area contributed by atoms with Crippen LogP contribution in [0.4, 0.5) is 5.69 Å². The van der Waals surface area contributed by atoms with Crippen LogP contribution in [0, 0.1) is 28.6 Å². The highest BCUT2D eigenvalue weighted by molar-refractivity contribution is 6.03. The highest BCUT2D eigenvalue weighted by Crippen LogP contribution is 2.61. The van der Waals surface area contributed by atoms with Crippen LogP contribution in [0.3, 0.4) is 0 Å². The van der Waals surface area contributed by atoms with Gasteiger partial charge >= 0.3 is 0 Å². The van der Waals surface area contributed by atoms with Gasteiger partial charge in [0.05, 0.1) is 11.2 Å². The van der Waals surface area contributed by atoms with Crippen LogP contribution in [0.25, 0.3) is 5.57 Å². The standard InChI is InChI=1S/C30H38N4O3/c1-18-28(5)13-14-29(6,37-28)19(2)30(18,36)21-7-8-24(34-26(35)25-32-17-22(16-31)33-25)23(15-21)20-9-11-27(3,4)12-10-20/h7-9,15,17-19,36H,10-14H2,1-6H3,(H,32,33)(H,34,35)/t18-,19+,28+,29-,30-. The molecule has 2 aliphatic heterocycles. The first-order valence-electron chi connectivity index (χ1n) is 13.3. The van der Waals surface area contributed by atoms with Crippen molar-refractivity contribution in [2.75, 3.05) is 5.32 Å². The predicted octanol–water partition coefficient (Wildman–Crippen LogP) is 5.93. The fourth-order valence-corrected chi connectivity index (χ4v) is 6.71. The number of carbonyl (C=O) groups is 1. The van der Waals surface area contributed by atoms with Crippen LogP contribution in [0.2, 0.25) is 0 Å². The molecule has 0 saturated carbocycles. The van der Waals surface area contributed by atoms with Gasteiger partial charge in [0.1, 0.15) is 11.7 Å². The van der Waals surface area contributed by atoms with Gasteiger partial charge in [-0.25, -0.2) is 4.98 Å². The minimum atomic E-state index is -1.08. The molecule has 1 amide bonds. The number of fused-ring (bicyclic) bond motifs is 2. The van der Waals surface area contributed by atoms with E-state index in [4.69, 9.17) is 10.00 Å². The summed E-state index contributed by atoms with van der Waals surface area (Å²) in [5, 5.41) is 24.5. The third kappa shape index (κ3) is 4.11. The summed E-state index contributed by atoms with van der Waals surface area (Å²) in [6, 6.07) is 7.86. The summed E-state index contributed by atoms with van der Waals surface area (Å²) < 4.78 is 6.56. The lowest BCUT2D eigenvalue weighted by Gasteiger charge is -2.55. The van der Waals surface area contributed by atoms with E-state index in [0.29, 0.717) is 5.69 Å². The fourth-order valence-electron chi connectivity index (χ4n) is 6.71. The molecule has 1 aliphatic carbocycles. The van der Waals surface area contributed by atoms with E-state index in [-0.39, 0.29) is 28.8 Å². The Morgan fingerprint density at radius 3 is 2.41 bits per heavy atom. The molecular formula is C30H38N4O3. The molecule has 1 aromatic heterocycles. The number of benzene rings is 1. The number of ether oxygens (including phenoxy) is 1. The van der Waals surface area contributed by atoms with Crippen molar-refractivity contribution < 1.29 is 14.6 Å². The lowest BCUT2D eigenvalue weighted by molar-refractivity contribution is -0.267. The molecule has 5 rings (SSSR count). The Balaban J connectivity index is 1.58. The molecule has 37 heavy (non-hydrogen) atoms. The molecular weight excluding hydrogens is 464 g/mol. The number of allylic oxidation sites excluding steroid dienone is 2. The summed E-state index contributed by atoms with van der Waals surface area (Å²) in [7, 11) is 0. The Kier molecular flexibility index (Phi) is 5.93. The largest absolute Gasteiger partial charge is 0.384 e. The van der Waals surface area contributed by atoms with Gasteiger partial charge in [0.15, 0.2) is 11.5 Å². The average molecular weight is 503 g/mol. The Bertz CT molecular complexity index is 1300. The topological polar surface area (TPSA) is 111 Å². The number of imidazole rings is 1.